The summed E-state index contributed by atoms with van der Waals surface area (Å²) < 4.78 is 26.0. The van der Waals surface area contributed by atoms with Gasteiger partial charge in [0.1, 0.15) is 0 Å². The molecule has 0 aromatic heterocycles. The van der Waals surface area contributed by atoms with Gasteiger partial charge in [0.2, 0.25) is 5.91 Å². The lowest BCUT2D eigenvalue weighted by Gasteiger charge is -2.07. The first-order valence-electron chi connectivity index (χ1n) is 6.15. The Balaban J connectivity index is 2.21. The predicted molar refractivity (Wildman–Crippen MR) is 76.1 cm³/mol. The molecular formula is C14H13NO5S. The number of carboxylic acids is 1. The van der Waals surface area contributed by atoms with E-state index in [1.807, 2.05) is 16.9 Å². The third-order valence-corrected chi connectivity index (χ3v) is 4.22. The highest BCUT2D eigenvalue weighted by molar-refractivity contribution is 7.90. The Morgan fingerprint density at radius 2 is 1.67 bits per heavy atom. The smallest absolute Gasteiger partial charge is 0.303 e. The number of rotatable bonds is 5. The second-order valence-corrected chi connectivity index (χ2v) is 6.11. The Morgan fingerprint density at radius 1 is 1.00 bits per heavy atom. The quantitative estimate of drug-likeness (QED) is 0.872. The summed E-state index contributed by atoms with van der Waals surface area (Å²) in [6, 6.07) is 11.7. The molecular weight excluding hydrogens is 294 g/mol. The van der Waals surface area contributed by atoms with Crippen LogP contribution in [0.15, 0.2) is 47.4 Å². The van der Waals surface area contributed by atoms with E-state index in [1.54, 1.807) is 18.2 Å². The highest BCUT2D eigenvalue weighted by atomic mass is 32.2. The molecule has 0 unspecified atom stereocenters. The van der Waals surface area contributed by atoms with Crippen molar-refractivity contribution in [2.75, 3.05) is 0 Å². The predicted octanol–water partition coefficient (Wildman–Crippen LogP) is 1.51. The molecule has 2 N–H and O–H groups in total. The summed E-state index contributed by atoms with van der Waals surface area (Å²) in [6.07, 6.45) is -0.804. The molecule has 1 amide bonds. The zero-order chi connectivity index (χ0) is 15.5. The normalized spacial score (nSPS) is 11.2. The molecule has 0 aliphatic heterocycles. The fourth-order valence-corrected chi connectivity index (χ4v) is 2.86. The van der Waals surface area contributed by atoms with Crippen molar-refractivity contribution < 1.29 is 23.1 Å². The molecule has 0 aliphatic carbocycles. The number of amides is 1. The minimum atomic E-state index is -3.99. The van der Waals surface area contributed by atoms with Crippen molar-refractivity contribution in [2.45, 2.75) is 17.7 Å². The molecule has 0 saturated carbocycles. The van der Waals surface area contributed by atoms with Crippen molar-refractivity contribution in [1.82, 2.24) is 4.72 Å². The number of benzene rings is 2. The van der Waals surface area contributed by atoms with E-state index in [0.717, 1.165) is 10.8 Å². The topological polar surface area (TPSA) is 101 Å². The fourth-order valence-electron chi connectivity index (χ4n) is 1.81. The summed E-state index contributed by atoms with van der Waals surface area (Å²) in [4.78, 5) is 21.8. The lowest BCUT2D eigenvalue weighted by atomic mass is 10.1. The van der Waals surface area contributed by atoms with E-state index >= 15 is 0 Å². The maximum atomic E-state index is 12.1. The highest BCUT2D eigenvalue weighted by Gasteiger charge is 2.18. The number of carbonyl (C=O) groups is 2. The number of carbonyl (C=O) groups excluding carboxylic acids is 1. The average Bonchev–Trinajstić information content (AvgIpc) is 2.44. The largest absolute Gasteiger partial charge is 0.481 e. The number of sulfonamides is 1. The molecule has 21 heavy (non-hydrogen) atoms. The second kappa shape index (κ2) is 5.92. The van der Waals surface area contributed by atoms with Crippen molar-refractivity contribution in [1.29, 1.82) is 0 Å². The highest BCUT2D eigenvalue weighted by Crippen LogP contribution is 2.18. The third-order valence-electron chi connectivity index (χ3n) is 2.85. The van der Waals surface area contributed by atoms with Gasteiger partial charge in [-0.15, -0.1) is 0 Å². The summed E-state index contributed by atoms with van der Waals surface area (Å²) in [5, 5.41) is 10.1. The SMILES string of the molecule is O=C(O)CCC(=O)NS(=O)(=O)c1ccc2ccccc2c1. The first-order valence-corrected chi connectivity index (χ1v) is 7.63. The molecule has 110 valence electrons. The monoisotopic (exact) mass is 307 g/mol. The van der Waals surface area contributed by atoms with E-state index in [1.165, 1.54) is 12.1 Å². The van der Waals surface area contributed by atoms with Gasteiger partial charge in [-0.05, 0) is 22.9 Å². The zero-order valence-corrected chi connectivity index (χ0v) is 11.8. The first kappa shape index (κ1) is 15.0. The zero-order valence-electron chi connectivity index (χ0n) is 10.9. The van der Waals surface area contributed by atoms with Crippen LogP contribution in [0.3, 0.4) is 0 Å². The number of aliphatic carboxylic acids is 1. The van der Waals surface area contributed by atoms with Crippen molar-refractivity contribution in [3.8, 4) is 0 Å². The van der Waals surface area contributed by atoms with Crippen LogP contribution < -0.4 is 4.72 Å². The van der Waals surface area contributed by atoms with Crippen molar-refractivity contribution in [3.63, 3.8) is 0 Å². The fraction of sp³-hybridized carbons (Fsp3) is 0.143. The molecule has 0 saturated heterocycles. The molecule has 0 bridgehead atoms. The van der Waals surface area contributed by atoms with Crippen LogP contribution in [0.25, 0.3) is 10.8 Å². The summed E-state index contributed by atoms with van der Waals surface area (Å²) in [5.74, 6) is -2.00. The van der Waals surface area contributed by atoms with Gasteiger partial charge in [-0.1, -0.05) is 30.3 Å². The summed E-state index contributed by atoms with van der Waals surface area (Å²) in [7, 11) is -3.99. The van der Waals surface area contributed by atoms with Crippen molar-refractivity contribution in [2.24, 2.45) is 0 Å². The summed E-state index contributed by atoms with van der Waals surface area (Å²) in [5.41, 5.74) is 0. The van der Waals surface area contributed by atoms with E-state index < -0.39 is 28.3 Å². The molecule has 0 aliphatic rings. The molecule has 0 atom stereocenters. The maximum Gasteiger partial charge on any atom is 0.303 e. The van der Waals surface area contributed by atoms with E-state index in [9.17, 15) is 18.0 Å². The second-order valence-electron chi connectivity index (χ2n) is 4.43. The van der Waals surface area contributed by atoms with Crippen LogP contribution in [0.2, 0.25) is 0 Å². The van der Waals surface area contributed by atoms with Gasteiger partial charge in [0.25, 0.3) is 10.0 Å². The Morgan fingerprint density at radius 3 is 2.33 bits per heavy atom. The van der Waals surface area contributed by atoms with Gasteiger partial charge in [-0.25, -0.2) is 13.1 Å². The van der Waals surface area contributed by atoms with Gasteiger partial charge in [-0.2, -0.15) is 0 Å². The van der Waals surface area contributed by atoms with Crippen LogP contribution in [0, 0.1) is 0 Å². The van der Waals surface area contributed by atoms with Gasteiger partial charge in [0.15, 0.2) is 0 Å². The van der Waals surface area contributed by atoms with Crippen LogP contribution in [0.1, 0.15) is 12.8 Å². The molecule has 0 radical (unpaired) electrons. The van der Waals surface area contributed by atoms with Gasteiger partial charge in [-0.3, -0.25) is 9.59 Å². The van der Waals surface area contributed by atoms with E-state index in [0.29, 0.717) is 0 Å². The van der Waals surface area contributed by atoms with Crippen molar-refractivity contribution in [3.05, 3.63) is 42.5 Å². The number of nitrogens with one attached hydrogen (secondary N) is 1. The number of hydrogen-bond acceptors (Lipinski definition) is 4. The molecule has 0 heterocycles. The number of hydrogen-bond donors (Lipinski definition) is 2. The maximum absolute atomic E-state index is 12.1. The number of carboxylic acid groups (broad SMARTS) is 1. The van der Waals surface area contributed by atoms with Crippen LogP contribution in [-0.2, 0) is 19.6 Å². The van der Waals surface area contributed by atoms with Crippen LogP contribution in [-0.4, -0.2) is 25.4 Å². The summed E-state index contributed by atoms with van der Waals surface area (Å²) >= 11 is 0. The lowest BCUT2D eigenvalue weighted by Crippen LogP contribution is -2.30. The van der Waals surface area contributed by atoms with Crippen LogP contribution in [0.5, 0.6) is 0 Å². The first-order chi connectivity index (χ1) is 9.88. The van der Waals surface area contributed by atoms with E-state index in [4.69, 9.17) is 5.11 Å². The van der Waals surface area contributed by atoms with Crippen LogP contribution in [0.4, 0.5) is 0 Å². The molecule has 0 fully saturated rings. The van der Waals surface area contributed by atoms with Gasteiger partial charge in [0, 0.05) is 6.42 Å². The van der Waals surface area contributed by atoms with E-state index in [2.05, 4.69) is 0 Å². The Kier molecular flexibility index (Phi) is 4.23. The van der Waals surface area contributed by atoms with Crippen molar-refractivity contribution >= 4 is 32.7 Å². The lowest BCUT2D eigenvalue weighted by molar-refractivity contribution is -0.138. The minimum Gasteiger partial charge on any atom is -0.481 e. The molecule has 0 spiro atoms. The molecule has 2 rings (SSSR count). The van der Waals surface area contributed by atoms with Crippen LogP contribution >= 0.6 is 0 Å². The Labute approximate surface area is 121 Å². The molecule has 6 nitrogen and oxygen atoms in total. The third kappa shape index (κ3) is 3.79. The molecule has 2 aromatic rings. The molecule has 2 aromatic carbocycles. The Hall–Kier alpha value is -2.41. The van der Waals surface area contributed by atoms with E-state index in [-0.39, 0.29) is 11.3 Å². The van der Waals surface area contributed by atoms with Gasteiger partial charge < -0.3 is 5.11 Å². The van der Waals surface area contributed by atoms with Gasteiger partial charge in [0.05, 0.1) is 11.3 Å². The summed E-state index contributed by atoms with van der Waals surface area (Å²) in [6.45, 7) is 0. The molecule has 7 heteroatoms. The Bertz CT molecular complexity index is 798. The van der Waals surface area contributed by atoms with Gasteiger partial charge >= 0.3 is 5.97 Å². The average molecular weight is 307 g/mol. The number of fused-ring (bicyclic) bond motifs is 1. The minimum absolute atomic E-state index is 0.0372. The standard InChI is InChI=1S/C14H13NO5S/c16-13(7-8-14(17)18)15-21(19,20)12-6-5-10-3-1-2-4-11(10)9-12/h1-6,9H,7-8H2,(H,15,16)(H,17,18).